The molecule has 0 aromatic carbocycles. The molecule has 0 amide bonds. The molecule has 0 aromatic heterocycles. The lowest BCUT2D eigenvalue weighted by Crippen LogP contribution is -2.39. The van der Waals surface area contributed by atoms with Crippen molar-refractivity contribution in [2.24, 2.45) is 5.92 Å². The van der Waals surface area contributed by atoms with Gasteiger partial charge in [-0.1, -0.05) is 0 Å². The first-order chi connectivity index (χ1) is 8.81. The molecule has 3 saturated heterocycles. The van der Waals surface area contributed by atoms with E-state index in [4.69, 9.17) is 23.7 Å². The Labute approximate surface area is 112 Å². The zero-order valence-corrected chi connectivity index (χ0v) is 11.6. The highest BCUT2D eigenvalue weighted by Crippen LogP contribution is 2.42. The second kappa shape index (κ2) is 4.23. The van der Waals surface area contributed by atoms with Crippen LogP contribution in [0.3, 0.4) is 0 Å². The Bertz CT molecular complexity index is 379. The van der Waals surface area contributed by atoms with Crippen molar-refractivity contribution in [2.45, 2.75) is 63.9 Å². The summed E-state index contributed by atoms with van der Waals surface area (Å²) in [6.07, 6.45) is -0.668. The molecule has 3 fully saturated rings. The fourth-order valence-corrected chi connectivity index (χ4v) is 2.92. The van der Waals surface area contributed by atoms with E-state index >= 15 is 0 Å². The minimum atomic E-state index is -0.714. The molecule has 108 valence electrons. The van der Waals surface area contributed by atoms with Gasteiger partial charge in [0.2, 0.25) is 0 Å². The number of rotatable bonds is 2. The van der Waals surface area contributed by atoms with Gasteiger partial charge in [0, 0.05) is 0 Å². The molecule has 3 rings (SSSR count). The highest BCUT2D eigenvalue weighted by Gasteiger charge is 2.58. The van der Waals surface area contributed by atoms with E-state index in [0.29, 0.717) is 6.61 Å². The third-order valence-corrected chi connectivity index (χ3v) is 3.69. The molecule has 0 aliphatic carbocycles. The molecule has 0 radical (unpaired) electrons. The van der Waals surface area contributed by atoms with Crippen molar-refractivity contribution in [3.63, 3.8) is 0 Å². The summed E-state index contributed by atoms with van der Waals surface area (Å²) < 4.78 is 28.5. The van der Waals surface area contributed by atoms with E-state index in [0.717, 1.165) is 6.29 Å². The summed E-state index contributed by atoms with van der Waals surface area (Å²) in [5.74, 6) is -1.75. The molecule has 6 heteroatoms. The summed E-state index contributed by atoms with van der Waals surface area (Å²) in [5.41, 5.74) is 0. The average Bonchev–Trinajstić information content (AvgIpc) is 2.87. The van der Waals surface area contributed by atoms with Crippen LogP contribution in [0.25, 0.3) is 0 Å². The fraction of sp³-hybridized carbons (Fsp3) is 0.923. The molecule has 1 unspecified atom stereocenters. The Hall–Kier alpha value is -0.530. The molecule has 6 nitrogen and oxygen atoms in total. The summed E-state index contributed by atoms with van der Waals surface area (Å²) in [6.45, 7) is 7.71. The number of hydrogen-bond donors (Lipinski definition) is 0. The molecule has 0 saturated carbocycles. The Morgan fingerprint density at radius 3 is 2.32 bits per heavy atom. The van der Waals surface area contributed by atoms with Crippen LogP contribution in [0.1, 0.15) is 27.7 Å². The van der Waals surface area contributed by atoms with Gasteiger partial charge in [0.1, 0.15) is 24.6 Å². The number of carbonyl (C=O) groups excluding carboxylic acids is 1. The van der Waals surface area contributed by atoms with Gasteiger partial charge < -0.3 is 28.5 Å². The van der Waals surface area contributed by atoms with E-state index in [2.05, 4.69) is 0 Å². The zero-order valence-electron chi connectivity index (χ0n) is 11.6. The number of aldehydes is 1. The number of fused-ring (bicyclic) bond motifs is 1. The second-order valence-electron chi connectivity index (χ2n) is 6.15. The minimum absolute atomic E-state index is 0.272. The SMILES string of the molecule is CC1(C)OCC([C@H]2O[C@@H]3OC(C)(C)O[C@@H]3[C@@H]2C=O)O1. The molecule has 3 heterocycles. The average molecular weight is 272 g/mol. The summed E-state index contributed by atoms with van der Waals surface area (Å²) in [7, 11) is 0. The maximum Gasteiger partial charge on any atom is 0.188 e. The molecular formula is C13H20O6. The van der Waals surface area contributed by atoms with E-state index in [1.54, 1.807) is 0 Å². The molecule has 0 aromatic rings. The lowest BCUT2D eigenvalue weighted by Gasteiger charge is -2.26. The molecular weight excluding hydrogens is 252 g/mol. The van der Waals surface area contributed by atoms with Crippen LogP contribution in [0.15, 0.2) is 0 Å². The molecule has 3 aliphatic rings. The molecule has 5 atom stereocenters. The summed E-state index contributed by atoms with van der Waals surface area (Å²) in [4.78, 5) is 11.4. The van der Waals surface area contributed by atoms with Gasteiger partial charge in [-0.25, -0.2) is 0 Å². The number of ether oxygens (including phenoxy) is 5. The van der Waals surface area contributed by atoms with E-state index in [1.807, 2.05) is 27.7 Å². The van der Waals surface area contributed by atoms with E-state index < -0.39 is 23.8 Å². The van der Waals surface area contributed by atoms with Gasteiger partial charge in [0.15, 0.2) is 17.9 Å². The summed E-state index contributed by atoms with van der Waals surface area (Å²) in [6, 6.07) is 0. The Balaban J connectivity index is 1.74. The highest BCUT2D eigenvalue weighted by atomic mass is 16.8. The van der Waals surface area contributed by atoms with Crippen molar-refractivity contribution < 1.29 is 28.5 Å². The van der Waals surface area contributed by atoms with Crippen molar-refractivity contribution in [3.05, 3.63) is 0 Å². The monoisotopic (exact) mass is 272 g/mol. The first-order valence-corrected chi connectivity index (χ1v) is 6.59. The van der Waals surface area contributed by atoms with Gasteiger partial charge in [-0.3, -0.25) is 0 Å². The van der Waals surface area contributed by atoms with Crippen LogP contribution in [0, 0.1) is 5.92 Å². The first-order valence-electron chi connectivity index (χ1n) is 6.59. The maximum absolute atomic E-state index is 11.4. The fourth-order valence-electron chi connectivity index (χ4n) is 2.92. The van der Waals surface area contributed by atoms with E-state index in [9.17, 15) is 4.79 Å². The van der Waals surface area contributed by atoms with Crippen molar-refractivity contribution in [2.75, 3.05) is 6.61 Å². The van der Waals surface area contributed by atoms with Crippen LogP contribution >= 0.6 is 0 Å². The zero-order chi connectivity index (χ0) is 13.8. The van der Waals surface area contributed by atoms with Crippen LogP contribution in [-0.4, -0.2) is 49.1 Å². The number of hydrogen-bond acceptors (Lipinski definition) is 6. The quantitative estimate of drug-likeness (QED) is 0.694. The Morgan fingerprint density at radius 2 is 1.74 bits per heavy atom. The van der Waals surface area contributed by atoms with Crippen LogP contribution in [0.5, 0.6) is 0 Å². The third-order valence-electron chi connectivity index (χ3n) is 3.69. The van der Waals surface area contributed by atoms with Gasteiger partial charge in [-0.2, -0.15) is 0 Å². The van der Waals surface area contributed by atoms with Crippen LogP contribution < -0.4 is 0 Å². The first kappa shape index (κ1) is 13.5. The predicted octanol–water partition coefficient (Wildman–Crippen LogP) is 0.829. The van der Waals surface area contributed by atoms with E-state index in [-0.39, 0.29) is 18.3 Å². The largest absolute Gasteiger partial charge is 0.348 e. The lowest BCUT2D eigenvalue weighted by molar-refractivity contribution is -0.225. The van der Waals surface area contributed by atoms with Crippen LogP contribution in [0.4, 0.5) is 0 Å². The molecule has 0 bridgehead atoms. The van der Waals surface area contributed by atoms with Gasteiger partial charge in [-0.05, 0) is 27.7 Å². The van der Waals surface area contributed by atoms with Crippen molar-refractivity contribution in [1.29, 1.82) is 0 Å². The van der Waals surface area contributed by atoms with Crippen molar-refractivity contribution in [1.82, 2.24) is 0 Å². The maximum atomic E-state index is 11.4. The number of carbonyl (C=O) groups is 1. The molecule has 0 spiro atoms. The smallest absolute Gasteiger partial charge is 0.188 e. The topological polar surface area (TPSA) is 63.2 Å². The predicted molar refractivity (Wildman–Crippen MR) is 63.2 cm³/mol. The van der Waals surface area contributed by atoms with Gasteiger partial charge in [-0.15, -0.1) is 0 Å². The van der Waals surface area contributed by atoms with Crippen LogP contribution in [-0.2, 0) is 28.5 Å². The third kappa shape index (κ3) is 2.32. The normalized spacial score (nSPS) is 47.3. The Morgan fingerprint density at radius 1 is 1.00 bits per heavy atom. The molecule has 3 aliphatic heterocycles. The van der Waals surface area contributed by atoms with Gasteiger partial charge in [0.05, 0.1) is 12.5 Å². The highest BCUT2D eigenvalue weighted by molar-refractivity contribution is 5.57. The lowest BCUT2D eigenvalue weighted by atomic mass is 9.96. The second-order valence-corrected chi connectivity index (χ2v) is 6.15. The minimum Gasteiger partial charge on any atom is -0.348 e. The van der Waals surface area contributed by atoms with Gasteiger partial charge in [0.25, 0.3) is 0 Å². The standard InChI is InChI=1S/C13H20O6/c1-12(2)15-6-8(17-12)9-7(5-14)10-11(16-9)19-13(3,4)18-10/h5,7-11H,6H2,1-4H3/t7-,8?,9+,10-,11-/m1/s1. The molecule has 0 N–H and O–H groups in total. The molecule has 19 heavy (non-hydrogen) atoms. The van der Waals surface area contributed by atoms with Gasteiger partial charge >= 0.3 is 0 Å². The summed E-state index contributed by atoms with van der Waals surface area (Å²) >= 11 is 0. The Kier molecular flexibility index (Phi) is 3.00. The van der Waals surface area contributed by atoms with E-state index in [1.165, 1.54) is 0 Å². The van der Waals surface area contributed by atoms with Crippen molar-refractivity contribution in [3.8, 4) is 0 Å². The van der Waals surface area contributed by atoms with Crippen molar-refractivity contribution >= 4 is 6.29 Å². The summed E-state index contributed by atoms with van der Waals surface area (Å²) in [5, 5.41) is 0. The van der Waals surface area contributed by atoms with Crippen LogP contribution in [0.2, 0.25) is 0 Å².